The number of fused-ring (bicyclic) bond motifs is 2. The maximum atomic E-state index is 5.45. The summed E-state index contributed by atoms with van der Waals surface area (Å²) in [5.74, 6) is 0. The number of hydrogen-bond donors (Lipinski definition) is 1. The molecule has 1 atom stereocenters. The maximum absolute atomic E-state index is 5.45. The molecule has 2 aliphatic heterocycles. The molecule has 2 rings (SSSR count). The van der Waals surface area contributed by atoms with Gasteiger partial charge >= 0.3 is 0 Å². The number of nitrogens with one attached hydrogen (secondary N) is 1. The van der Waals surface area contributed by atoms with E-state index in [1.807, 2.05) is 0 Å². The molecule has 2 aliphatic rings. The van der Waals surface area contributed by atoms with Crippen molar-refractivity contribution >= 4 is 0 Å². The molecule has 0 aromatic carbocycles. The van der Waals surface area contributed by atoms with Crippen LogP contribution in [0.2, 0.25) is 0 Å². The van der Waals surface area contributed by atoms with Crippen LogP contribution in [0.1, 0.15) is 12.8 Å². The first-order chi connectivity index (χ1) is 3.95. The van der Waals surface area contributed by atoms with Gasteiger partial charge in [0.25, 0.3) is 0 Å². The molecule has 1 radical (unpaired) electrons. The Morgan fingerprint density at radius 2 is 2.62 bits per heavy atom. The van der Waals surface area contributed by atoms with Crippen molar-refractivity contribution in [2.24, 2.45) is 0 Å². The summed E-state index contributed by atoms with van der Waals surface area (Å²) in [6.07, 6.45) is 4.21. The largest absolute Gasteiger partial charge is 0.366 e. The van der Waals surface area contributed by atoms with Crippen molar-refractivity contribution in [3.8, 4) is 0 Å². The van der Waals surface area contributed by atoms with E-state index in [1.54, 1.807) is 0 Å². The molecule has 0 amide bonds. The lowest BCUT2D eigenvalue weighted by atomic mass is 10.2. The molecule has 0 saturated carbocycles. The number of morpholine rings is 1. The predicted molar refractivity (Wildman–Crippen MR) is 30.2 cm³/mol. The van der Waals surface area contributed by atoms with Gasteiger partial charge in [-0.25, -0.2) is 0 Å². The summed E-state index contributed by atoms with van der Waals surface area (Å²) in [7, 11) is 0. The second kappa shape index (κ2) is 1.71. The minimum absolute atomic E-state index is 0.513. The van der Waals surface area contributed by atoms with Crippen LogP contribution in [0.5, 0.6) is 0 Å². The highest BCUT2D eigenvalue weighted by Gasteiger charge is 2.29. The number of ether oxygens (including phenoxy) is 1. The van der Waals surface area contributed by atoms with E-state index in [9.17, 15) is 0 Å². The summed E-state index contributed by atoms with van der Waals surface area (Å²) in [5, 5.41) is 3.28. The van der Waals surface area contributed by atoms with Gasteiger partial charge < -0.3 is 10.1 Å². The van der Waals surface area contributed by atoms with E-state index in [0.29, 0.717) is 6.10 Å². The van der Waals surface area contributed by atoms with Crippen LogP contribution in [-0.2, 0) is 4.74 Å². The van der Waals surface area contributed by atoms with Crippen molar-refractivity contribution in [1.29, 1.82) is 0 Å². The summed E-state index contributed by atoms with van der Waals surface area (Å²) >= 11 is 0. The minimum atomic E-state index is 0.513. The van der Waals surface area contributed by atoms with Crippen molar-refractivity contribution in [1.82, 2.24) is 5.32 Å². The lowest BCUT2D eigenvalue weighted by Crippen LogP contribution is -2.34. The molecular weight excluding hydrogens is 102 g/mol. The molecule has 1 unspecified atom stereocenters. The smallest absolute Gasteiger partial charge is 0.111 e. The van der Waals surface area contributed by atoms with Crippen LogP contribution in [0.25, 0.3) is 0 Å². The molecule has 2 nitrogen and oxygen atoms in total. The second-order valence-corrected chi connectivity index (χ2v) is 2.45. The van der Waals surface area contributed by atoms with E-state index in [4.69, 9.17) is 4.74 Å². The zero-order chi connectivity index (χ0) is 5.40. The van der Waals surface area contributed by atoms with Gasteiger partial charge in [-0.1, -0.05) is 0 Å². The third-order valence-corrected chi connectivity index (χ3v) is 1.77. The highest BCUT2D eigenvalue weighted by molar-refractivity contribution is 4.94. The van der Waals surface area contributed by atoms with Gasteiger partial charge in [0, 0.05) is 13.1 Å². The number of rotatable bonds is 0. The monoisotopic (exact) mass is 112 g/mol. The topological polar surface area (TPSA) is 21.3 Å². The van der Waals surface area contributed by atoms with Crippen LogP contribution in [0.4, 0.5) is 0 Å². The Morgan fingerprint density at radius 1 is 1.62 bits per heavy atom. The first kappa shape index (κ1) is 4.77. The SMILES string of the molecule is C1CC2CNC[C]1O2. The van der Waals surface area contributed by atoms with Crippen LogP contribution in [-0.4, -0.2) is 19.2 Å². The molecular formula is C6H10NO. The molecule has 0 aliphatic carbocycles. The molecule has 2 bridgehead atoms. The van der Waals surface area contributed by atoms with Crippen LogP contribution in [0.15, 0.2) is 0 Å². The first-order valence-electron chi connectivity index (χ1n) is 3.17. The van der Waals surface area contributed by atoms with E-state index in [1.165, 1.54) is 18.9 Å². The van der Waals surface area contributed by atoms with Crippen LogP contribution in [0, 0.1) is 6.10 Å². The van der Waals surface area contributed by atoms with Crippen LogP contribution >= 0.6 is 0 Å². The van der Waals surface area contributed by atoms with Gasteiger partial charge in [0.1, 0.15) is 6.10 Å². The summed E-state index contributed by atoms with van der Waals surface area (Å²) in [6, 6.07) is 0. The fraction of sp³-hybridized carbons (Fsp3) is 0.833. The fourth-order valence-electron chi connectivity index (χ4n) is 1.32. The predicted octanol–water partition coefficient (Wildman–Crippen LogP) is 0.301. The number of hydrogen-bond acceptors (Lipinski definition) is 2. The summed E-state index contributed by atoms with van der Waals surface area (Å²) in [4.78, 5) is 0. The highest BCUT2D eigenvalue weighted by atomic mass is 16.5. The molecule has 2 heterocycles. The summed E-state index contributed by atoms with van der Waals surface area (Å²) in [6.45, 7) is 2.06. The Labute approximate surface area is 49.2 Å². The lowest BCUT2D eigenvalue weighted by Gasteiger charge is -2.19. The summed E-state index contributed by atoms with van der Waals surface area (Å²) in [5.41, 5.74) is 0. The van der Waals surface area contributed by atoms with Crippen molar-refractivity contribution in [3.63, 3.8) is 0 Å². The Bertz CT molecular complexity index is 80.5. The first-order valence-corrected chi connectivity index (χ1v) is 3.17. The minimum Gasteiger partial charge on any atom is -0.366 e. The van der Waals surface area contributed by atoms with Crippen LogP contribution < -0.4 is 5.32 Å². The van der Waals surface area contributed by atoms with Crippen molar-refractivity contribution < 1.29 is 4.74 Å². The Hall–Kier alpha value is -0.0800. The van der Waals surface area contributed by atoms with Gasteiger partial charge in [0.15, 0.2) is 0 Å². The van der Waals surface area contributed by atoms with Gasteiger partial charge in [-0.05, 0) is 12.8 Å². The zero-order valence-electron chi connectivity index (χ0n) is 4.81. The van der Waals surface area contributed by atoms with E-state index in [0.717, 1.165) is 13.1 Å². The maximum Gasteiger partial charge on any atom is 0.111 e. The van der Waals surface area contributed by atoms with Gasteiger partial charge in [-0.2, -0.15) is 0 Å². The fourth-order valence-corrected chi connectivity index (χ4v) is 1.32. The molecule has 2 fully saturated rings. The second-order valence-electron chi connectivity index (χ2n) is 2.45. The molecule has 2 saturated heterocycles. The molecule has 1 N–H and O–H groups in total. The Kier molecular flexibility index (Phi) is 1.02. The normalized spacial score (nSPS) is 38.2. The molecule has 0 spiro atoms. The Balaban J connectivity index is 2.03. The van der Waals surface area contributed by atoms with Gasteiger partial charge in [-0.3, -0.25) is 0 Å². The van der Waals surface area contributed by atoms with E-state index in [-0.39, 0.29) is 0 Å². The highest BCUT2D eigenvalue weighted by Crippen LogP contribution is 2.27. The molecule has 2 heteroatoms. The van der Waals surface area contributed by atoms with Gasteiger partial charge in [-0.15, -0.1) is 0 Å². The van der Waals surface area contributed by atoms with Gasteiger partial charge in [0.05, 0.1) is 6.10 Å². The molecule has 0 aromatic rings. The zero-order valence-corrected chi connectivity index (χ0v) is 4.81. The lowest BCUT2D eigenvalue weighted by molar-refractivity contribution is 0.0828. The molecule has 45 valence electrons. The Morgan fingerprint density at radius 3 is 3.38 bits per heavy atom. The standard InChI is InChI=1S/C6H10NO/c1-2-6-4-7-3-5(1)8-6/h5,7H,1-4H2. The molecule has 0 aromatic heterocycles. The van der Waals surface area contributed by atoms with Crippen molar-refractivity contribution in [2.45, 2.75) is 18.9 Å². The molecule has 8 heavy (non-hydrogen) atoms. The average molecular weight is 112 g/mol. The van der Waals surface area contributed by atoms with Crippen molar-refractivity contribution in [3.05, 3.63) is 6.10 Å². The summed E-state index contributed by atoms with van der Waals surface area (Å²) < 4.78 is 5.45. The van der Waals surface area contributed by atoms with E-state index >= 15 is 0 Å². The van der Waals surface area contributed by atoms with E-state index in [2.05, 4.69) is 5.32 Å². The van der Waals surface area contributed by atoms with Crippen LogP contribution in [0.3, 0.4) is 0 Å². The third-order valence-electron chi connectivity index (χ3n) is 1.77. The third kappa shape index (κ3) is 0.644. The average Bonchev–Trinajstić information content (AvgIpc) is 2.12. The quantitative estimate of drug-likeness (QED) is 0.486. The van der Waals surface area contributed by atoms with E-state index < -0.39 is 0 Å². The van der Waals surface area contributed by atoms with Crippen molar-refractivity contribution in [2.75, 3.05) is 13.1 Å². The van der Waals surface area contributed by atoms with Gasteiger partial charge in [0.2, 0.25) is 0 Å².